The van der Waals surface area contributed by atoms with Crippen LogP contribution < -0.4 is 10.2 Å². The van der Waals surface area contributed by atoms with Crippen LogP contribution in [0.15, 0.2) is 17.8 Å². The van der Waals surface area contributed by atoms with Gasteiger partial charge in [0.25, 0.3) is 0 Å². The Hall–Kier alpha value is -1.20. The Morgan fingerprint density at radius 2 is 2.25 bits per heavy atom. The van der Waals surface area contributed by atoms with E-state index < -0.39 is 0 Å². The summed E-state index contributed by atoms with van der Waals surface area (Å²) in [5.74, 6) is 1.92. The second-order valence-corrected chi connectivity index (χ2v) is 6.84. The van der Waals surface area contributed by atoms with Crippen LogP contribution in [-0.2, 0) is 0 Å². The van der Waals surface area contributed by atoms with Gasteiger partial charge in [-0.1, -0.05) is 0 Å². The third-order valence-electron chi connectivity index (χ3n) is 4.34. The van der Waals surface area contributed by atoms with Crippen LogP contribution in [0.1, 0.15) is 25.7 Å². The Balaban J connectivity index is 1.63. The number of aromatic nitrogens is 2. The van der Waals surface area contributed by atoms with Crippen molar-refractivity contribution in [1.29, 1.82) is 0 Å². The summed E-state index contributed by atoms with van der Waals surface area (Å²) in [4.78, 5) is 11.5. The van der Waals surface area contributed by atoms with E-state index >= 15 is 0 Å². The topological polar surface area (TPSA) is 41.1 Å². The smallest absolute Gasteiger partial charge is 0.150 e. The Kier molecular flexibility index (Phi) is 3.32. The molecule has 2 aromatic heterocycles. The second kappa shape index (κ2) is 5.30. The van der Waals surface area contributed by atoms with Gasteiger partial charge in [0, 0.05) is 12.6 Å². The average Bonchev–Trinajstić information content (AvgIpc) is 3.22. The molecule has 0 radical (unpaired) electrons. The number of hydrogen-bond donors (Lipinski definition) is 1. The molecule has 2 aliphatic rings. The Labute approximate surface area is 123 Å². The molecule has 1 aliphatic carbocycles. The molecule has 0 aromatic carbocycles. The van der Waals surface area contributed by atoms with Crippen LogP contribution >= 0.6 is 11.3 Å². The summed E-state index contributed by atoms with van der Waals surface area (Å²) in [5.41, 5.74) is 1.09. The highest BCUT2D eigenvalue weighted by atomic mass is 32.1. The zero-order valence-corrected chi connectivity index (χ0v) is 12.4. The van der Waals surface area contributed by atoms with E-state index in [4.69, 9.17) is 0 Å². The predicted molar refractivity (Wildman–Crippen MR) is 83.4 cm³/mol. The molecule has 2 aromatic rings. The van der Waals surface area contributed by atoms with Crippen LogP contribution in [0.5, 0.6) is 0 Å². The minimum Gasteiger partial charge on any atom is -0.352 e. The molecule has 0 amide bonds. The number of rotatable bonds is 4. The van der Waals surface area contributed by atoms with Gasteiger partial charge in [-0.05, 0) is 56.1 Å². The lowest BCUT2D eigenvalue weighted by Gasteiger charge is -2.31. The molecule has 20 heavy (non-hydrogen) atoms. The van der Waals surface area contributed by atoms with Crippen molar-refractivity contribution in [3.8, 4) is 0 Å². The summed E-state index contributed by atoms with van der Waals surface area (Å²) in [6.45, 7) is 3.48. The Morgan fingerprint density at radius 1 is 1.30 bits per heavy atom. The molecular formula is C15H20N4S. The van der Waals surface area contributed by atoms with Crippen molar-refractivity contribution < 1.29 is 0 Å². The summed E-state index contributed by atoms with van der Waals surface area (Å²) < 4.78 is 1.25. The van der Waals surface area contributed by atoms with Gasteiger partial charge in [0.05, 0.1) is 10.2 Å². The fourth-order valence-electron chi connectivity index (χ4n) is 3.13. The number of fused-ring (bicyclic) bond motifs is 1. The number of nitrogens with one attached hydrogen (secondary N) is 1. The molecule has 5 heteroatoms. The third kappa shape index (κ3) is 2.40. The molecule has 0 spiro atoms. The normalized spacial score (nSPS) is 23.1. The standard InChI is InChI=1S/C15H20N4S/c1-2-11(8-16-6-1)9-19(12-3-4-12)15-14-13(5-7-20-14)17-10-18-15/h5,7,10-12,16H,1-4,6,8-9H2. The monoisotopic (exact) mass is 288 g/mol. The van der Waals surface area contributed by atoms with Crippen LogP contribution in [0.25, 0.3) is 10.2 Å². The SMILES string of the molecule is c1nc(N(CC2CCCNC2)C2CC2)c2sccc2n1. The van der Waals surface area contributed by atoms with Gasteiger partial charge in [0.15, 0.2) is 0 Å². The zero-order valence-electron chi connectivity index (χ0n) is 11.6. The van der Waals surface area contributed by atoms with E-state index in [1.807, 2.05) is 0 Å². The van der Waals surface area contributed by atoms with Crippen molar-refractivity contribution in [1.82, 2.24) is 15.3 Å². The molecule has 1 atom stereocenters. The number of anilines is 1. The number of hydrogen-bond acceptors (Lipinski definition) is 5. The quantitative estimate of drug-likeness (QED) is 0.939. The highest BCUT2D eigenvalue weighted by Crippen LogP contribution is 2.36. The molecule has 1 saturated carbocycles. The van der Waals surface area contributed by atoms with Gasteiger partial charge >= 0.3 is 0 Å². The van der Waals surface area contributed by atoms with E-state index in [0.717, 1.165) is 30.3 Å². The first-order valence-electron chi connectivity index (χ1n) is 7.57. The minimum absolute atomic E-state index is 0.706. The van der Waals surface area contributed by atoms with E-state index in [2.05, 4.69) is 31.6 Å². The summed E-state index contributed by atoms with van der Waals surface area (Å²) in [6.07, 6.45) is 7.00. The molecular weight excluding hydrogens is 268 g/mol. The van der Waals surface area contributed by atoms with Crippen LogP contribution in [0.3, 0.4) is 0 Å². The van der Waals surface area contributed by atoms with E-state index in [1.165, 1.54) is 36.9 Å². The van der Waals surface area contributed by atoms with Gasteiger partial charge in [0.1, 0.15) is 12.1 Å². The molecule has 1 N–H and O–H groups in total. The summed E-state index contributed by atoms with van der Waals surface area (Å²) >= 11 is 1.77. The van der Waals surface area contributed by atoms with Gasteiger partial charge in [0.2, 0.25) is 0 Å². The second-order valence-electron chi connectivity index (χ2n) is 5.93. The van der Waals surface area contributed by atoms with Gasteiger partial charge in [-0.25, -0.2) is 9.97 Å². The lowest BCUT2D eigenvalue weighted by atomic mass is 9.99. The summed E-state index contributed by atoms with van der Waals surface area (Å²) in [5, 5.41) is 5.65. The van der Waals surface area contributed by atoms with Gasteiger partial charge < -0.3 is 10.2 Å². The van der Waals surface area contributed by atoms with Crippen molar-refractivity contribution >= 4 is 27.4 Å². The number of thiophene rings is 1. The van der Waals surface area contributed by atoms with Crippen molar-refractivity contribution in [2.24, 2.45) is 5.92 Å². The van der Waals surface area contributed by atoms with E-state index in [0.29, 0.717) is 6.04 Å². The molecule has 3 heterocycles. The van der Waals surface area contributed by atoms with Gasteiger partial charge in [-0.2, -0.15) is 0 Å². The first-order valence-corrected chi connectivity index (χ1v) is 8.45. The molecule has 4 nitrogen and oxygen atoms in total. The zero-order chi connectivity index (χ0) is 13.4. The highest BCUT2D eigenvalue weighted by molar-refractivity contribution is 7.17. The molecule has 1 unspecified atom stereocenters. The Bertz CT molecular complexity index is 586. The van der Waals surface area contributed by atoms with Gasteiger partial charge in [-0.15, -0.1) is 11.3 Å². The van der Waals surface area contributed by atoms with Crippen LogP contribution in [0.4, 0.5) is 5.82 Å². The maximum atomic E-state index is 4.61. The number of piperidine rings is 1. The first-order chi connectivity index (χ1) is 9.92. The van der Waals surface area contributed by atoms with Crippen molar-refractivity contribution in [2.45, 2.75) is 31.7 Å². The van der Waals surface area contributed by atoms with Crippen LogP contribution in [-0.4, -0.2) is 35.6 Å². The van der Waals surface area contributed by atoms with E-state index in [-0.39, 0.29) is 0 Å². The summed E-state index contributed by atoms with van der Waals surface area (Å²) in [6, 6.07) is 2.80. The van der Waals surface area contributed by atoms with Crippen LogP contribution in [0, 0.1) is 5.92 Å². The number of nitrogens with zero attached hydrogens (tertiary/aromatic N) is 3. The fourth-order valence-corrected chi connectivity index (χ4v) is 3.98. The maximum Gasteiger partial charge on any atom is 0.150 e. The van der Waals surface area contributed by atoms with Crippen molar-refractivity contribution in [3.05, 3.63) is 17.8 Å². The molecule has 1 saturated heterocycles. The minimum atomic E-state index is 0.706. The molecule has 1 aliphatic heterocycles. The van der Waals surface area contributed by atoms with Gasteiger partial charge in [-0.3, -0.25) is 0 Å². The molecule has 0 bridgehead atoms. The van der Waals surface area contributed by atoms with E-state index in [1.54, 1.807) is 17.7 Å². The lowest BCUT2D eigenvalue weighted by Crippen LogP contribution is -2.39. The summed E-state index contributed by atoms with van der Waals surface area (Å²) in [7, 11) is 0. The van der Waals surface area contributed by atoms with Crippen LogP contribution in [0.2, 0.25) is 0 Å². The third-order valence-corrected chi connectivity index (χ3v) is 5.24. The largest absolute Gasteiger partial charge is 0.352 e. The highest BCUT2D eigenvalue weighted by Gasteiger charge is 2.33. The molecule has 4 rings (SSSR count). The fraction of sp³-hybridized carbons (Fsp3) is 0.600. The van der Waals surface area contributed by atoms with Crippen molar-refractivity contribution in [3.63, 3.8) is 0 Å². The maximum absolute atomic E-state index is 4.61. The average molecular weight is 288 g/mol. The lowest BCUT2D eigenvalue weighted by molar-refractivity contribution is 0.375. The first kappa shape index (κ1) is 12.5. The Morgan fingerprint density at radius 3 is 3.05 bits per heavy atom. The van der Waals surface area contributed by atoms with Crippen molar-refractivity contribution in [2.75, 3.05) is 24.5 Å². The molecule has 2 fully saturated rings. The predicted octanol–water partition coefficient (Wildman–Crippen LogP) is 2.66. The molecule has 106 valence electrons. The van der Waals surface area contributed by atoms with E-state index in [9.17, 15) is 0 Å².